The number of aryl methyl sites for hydroxylation is 1. The predicted octanol–water partition coefficient (Wildman–Crippen LogP) is 0.772. The quantitative estimate of drug-likeness (QED) is 0.532. The summed E-state index contributed by atoms with van der Waals surface area (Å²) in [6, 6.07) is 4.48. The first-order chi connectivity index (χ1) is 3.80. The summed E-state index contributed by atoms with van der Waals surface area (Å²) in [6.07, 6.45) is 1.60. The number of hydrogen-bond acceptors (Lipinski definition) is 2. The summed E-state index contributed by atoms with van der Waals surface area (Å²) in [5.74, 6) is 0. The van der Waals surface area contributed by atoms with E-state index in [1.807, 2.05) is 6.92 Å². The molecule has 0 aliphatic carbocycles. The van der Waals surface area contributed by atoms with Gasteiger partial charge in [0.2, 0.25) is 0 Å². The average molecular weight is 107 g/mol. The van der Waals surface area contributed by atoms with Gasteiger partial charge in [0.05, 0.1) is 11.4 Å². The van der Waals surface area contributed by atoms with Gasteiger partial charge >= 0.3 is 0 Å². The molecule has 2 N–H and O–H groups in total. The maximum Gasteiger partial charge on any atom is 0.0602 e. The molecule has 0 atom stereocenters. The Morgan fingerprint density at radius 1 is 1.75 bits per heavy atom. The van der Waals surface area contributed by atoms with Gasteiger partial charge in [0, 0.05) is 12.3 Å². The lowest BCUT2D eigenvalue weighted by atomic mass is 10.3. The Balaban J connectivity index is 3.13. The summed E-state index contributed by atoms with van der Waals surface area (Å²) < 4.78 is 0. The fraction of sp³-hybridized carbons (Fsp3) is 0.167. The summed E-state index contributed by atoms with van der Waals surface area (Å²) in [7, 11) is 0. The zero-order valence-corrected chi connectivity index (χ0v) is 4.68. The monoisotopic (exact) mass is 107 g/mol. The summed E-state index contributed by atoms with van der Waals surface area (Å²) in [6.45, 7) is 1.86. The SMILES string of the molecule is Cc1nc[c]cc1N. The maximum atomic E-state index is 5.43. The molecule has 2 nitrogen and oxygen atoms in total. The third kappa shape index (κ3) is 0.780. The van der Waals surface area contributed by atoms with Gasteiger partial charge in [0.15, 0.2) is 0 Å². The molecule has 0 saturated heterocycles. The minimum Gasteiger partial charge on any atom is -0.397 e. The van der Waals surface area contributed by atoms with Crippen LogP contribution in [0.15, 0.2) is 12.3 Å². The van der Waals surface area contributed by atoms with E-state index in [2.05, 4.69) is 11.1 Å². The first-order valence-corrected chi connectivity index (χ1v) is 2.39. The molecule has 2 heteroatoms. The van der Waals surface area contributed by atoms with E-state index in [0.29, 0.717) is 5.69 Å². The van der Waals surface area contributed by atoms with Crippen molar-refractivity contribution < 1.29 is 0 Å². The normalized spacial score (nSPS) is 9.12. The highest BCUT2D eigenvalue weighted by Gasteiger charge is 1.86. The van der Waals surface area contributed by atoms with Crippen LogP contribution in [-0.2, 0) is 0 Å². The number of nitrogen functional groups attached to an aromatic ring is 1. The van der Waals surface area contributed by atoms with E-state index >= 15 is 0 Å². The molecule has 0 unspecified atom stereocenters. The lowest BCUT2D eigenvalue weighted by molar-refractivity contribution is 1.20. The highest BCUT2D eigenvalue weighted by atomic mass is 14.7. The van der Waals surface area contributed by atoms with Gasteiger partial charge in [-0.25, -0.2) is 0 Å². The van der Waals surface area contributed by atoms with Crippen molar-refractivity contribution in [2.75, 3.05) is 5.73 Å². The lowest BCUT2D eigenvalue weighted by Crippen LogP contribution is -1.89. The van der Waals surface area contributed by atoms with Crippen molar-refractivity contribution >= 4 is 5.69 Å². The van der Waals surface area contributed by atoms with E-state index in [9.17, 15) is 0 Å². The van der Waals surface area contributed by atoms with Gasteiger partial charge in [-0.2, -0.15) is 0 Å². The Labute approximate surface area is 48.4 Å². The van der Waals surface area contributed by atoms with Crippen LogP contribution in [0.25, 0.3) is 0 Å². The minimum absolute atomic E-state index is 0.701. The number of nitrogens with two attached hydrogens (primary N) is 1. The number of rotatable bonds is 0. The predicted molar refractivity (Wildman–Crippen MR) is 32.2 cm³/mol. The maximum absolute atomic E-state index is 5.43. The second-order valence-electron chi connectivity index (χ2n) is 1.61. The second kappa shape index (κ2) is 1.82. The highest BCUT2D eigenvalue weighted by Crippen LogP contribution is 2.01. The molecule has 0 saturated carbocycles. The molecule has 0 amide bonds. The fourth-order valence-corrected chi connectivity index (χ4v) is 0.440. The van der Waals surface area contributed by atoms with E-state index in [0.717, 1.165) is 5.69 Å². The van der Waals surface area contributed by atoms with Crippen molar-refractivity contribution in [1.82, 2.24) is 4.98 Å². The van der Waals surface area contributed by atoms with Gasteiger partial charge in [0.1, 0.15) is 0 Å². The van der Waals surface area contributed by atoms with E-state index in [1.165, 1.54) is 0 Å². The van der Waals surface area contributed by atoms with E-state index < -0.39 is 0 Å². The van der Waals surface area contributed by atoms with E-state index in [-0.39, 0.29) is 0 Å². The van der Waals surface area contributed by atoms with Gasteiger partial charge in [-0.3, -0.25) is 4.98 Å². The van der Waals surface area contributed by atoms with E-state index in [4.69, 9.17) is 5.73 Å². The Hall–Kier alpha value is -1.05. The second-order valence-corrected chi connectivity index (χ2v) is 1.61. The number of nitrogens with zero attached hydrogens (tertiary/aromatic N) is 1. The molecule has 0 aromatic carbocycles. The van der Waals surface area contributed by atoms with Crippen LogP contribution in [-0.4, -0.2) is 4.98 Å². The standard InChI is InChI=1S/C6H7N2/c1-5-6(7)3-2-4-8-5/h3-4H,7H2,1H3. The molecule has 1 aromatic rings. The number of pyridine rings is 1. The van der Waals surface area contributed by atoms with Crippen LogP contribution in [0.1, 0.15) is 5.69 Å². The Bertz CT molecular complexity index is 163. The third-order valence-electron chi connectivity index (χ3n) is 0.989. The molecule has 8 heavy (non-hydrogen) atoms. The van der Waals surface area contributed by atoms with Crippen LogP contribution in [0.2, 0.25) is 0 Å². The van der Waals surface area contributed by atoms with E-state index in [1.54, 1.807) is 12.3 Å². The van der Waals surface area contributed by atoms with Crippen LogP contribution >= 0.6 is 0 Å². The van der Waals surface area contributed by atoms with Crippen molar-refractivity contribution in [3.05, 3.63) is 24.0 Å². The van der Waals surface area contributed by atoms with Crippen LogP contribution in [0.4, 0.5) is 5.69 Å². The largest absolute Gasteiger partial charge is 0.397 e. The number of hydrogen-bond donors (Lipinski definition) is 1. The fourth-order valence-electron chi connectivity index (χ4n) is 0.440. The molecule has 1 radical (unpaired) electrons. The van der Waals surface area contributed by atoms with Crippen molar-refractivity contribution in [2.24, 2.45) is 0 Å². The first-order valence-electron chi connectivity index (χ1n) is 2.39. The topological polar surface area (TPSA) is 38.9 Å². The van der Waals surface area contributed by atoms with Gasteiger partial charge in [0.25, 0.3) is 0 Å². The highest BCUT2D eigenvalue weighted by molar-refractivity contribution is 5.40. The van der Waals surface area contributed by atoms with Gasteiger partial charge < -0.3 is 5.73 Å². The van der Waals surface area contributed by atoms with Crippen LogP contribution in [0.3, 0.4) is 0 Å². The van der Waals surface area contributed by atoms with Crippen molar-refractivity contribution in [3.63, 3.8) is 0 Å². The molecule has 0 spiro atoms. The molecule has 1 heterocycles. The van der Waals surface area contributed by atoms with Crippen molar-refractivity contribution in [3.8, 4) is 0 Å². The molecule has 1 rings (SSSR count). The Morgan fingerprint density at radius 3 is 2.88 bits per heavy atom. The zero-order valence-electron chi connectivity index (χ0n) is 4.68. The molecule has 1 aromatic heterocycles. The molecule has 0 fully saturated rings. The average Bonchev–Trinajstić information content (AvgIpc) is 1.77. The Morgan fingerprint density at radius 2 is 2.50 bits per heavy atom. The number of anilines is 1. The summed E-state index contributed by atoms with van der Waals surface area (Å²) in [5, 5.41) is 0. The molecular formula is C6H7N2. The Kier molecular flexibility index (Phi) is 1.16. The van der Waals surface area contributed by atoms with Crippen LogP contribution in [0.5, 0.6) is 0 Å². The molecule has 0 aliphatic heterocycles. The molecule has 41 valence electrons. The third-order valence-corrected chi connectivity index (χ3v) is 0.989. The zero-order chi connectivity index (χ0) is 5.98. The number of aromatic nitrogens is 1. The summed E-state index contributed by atoms with van der Waals surface area (Å²) >= 11 is 0. The summed E-state index contributed by atoms with van der Waals surface area (Å²) in [4.78, 5) is 3.90. The lowest BCUT2D eigenvalue weighted by Gasteiger charge is -1.92. The van der Waals surface area contributed by atoms with Crippen LogP contribution < -0.4 is 5.73 Å². The van der Waals surface area contributed by atoms with Crippen LogP contribution in [0, 0.1) is 13.0 Å². The van der Waals surface area contributed by atoms with Gasteiger partial charge in [-0.05, 0) is 13.0 Å². The van der Waals surface area contributed by atoms with Gasteiger partial charge in [-0.1, -0.05) is 0 Å². The summed E-state index contributed by atoms with van der Waals surface area (Å²) in [5.41, 5.74) is 6.99. The first kappa shape index (κ1) is 5.09. The van der Waals surface area contributed by atoms with Crippen molar-refractivity contribution in [1.29, 1.82) is 0 Å². The molecule has 0 bridgehead atoms. The van der Waals surface area contributed by atoms with Gasteiger partial charge in [-0.15, -0.1) is 0 Å². The molecule has 0 aliphatic rings. The van der Waals surface area contributed by atoms with Crippen molar-refractivity contribution in [2.45, 2.75) is 6.92 Å². The smallest absolute Gasteiger partial charge is 0.0602 e. The molecular weight excluding hydrogens is 100 g/mol. The minimum atomic E-state index is 0.701.